The second-order valence-corrected chi connectivity index (χ2v) is 4.19. The smallest absolute Gasteiger partial charge is 0.0589 e. The fourth-order valence-corrected chi connectivity index (χ4v) is 1.64. The number of hydrogen-bond acceptors (Lipinski definition) is 3. The average molecular weight is 222 g/mol. The Morgan fingerprint density at radius 3 is 2.69 bits per heavy atom. The number of aromatic nitrogens is 1. The third-order valence-corrected chi connectivity index (χ3v) is 2.69. The first-order chi connectivity index (χ1) is 7.74. The second kappa shape index (κ2) is 7.36. The number of hydrogen-bond donors (Lipinski definition) is 0. The fourth-order valence-electron chi connectivity index (χ4n) is 1.64. The molecule has 1 heterocycles. The highest BCUT2D eigenvalue weighted by molar-refractivity contribution is 5.03. The van der Waals surface area contributed by atoms with Crippen LogP contribution in [0.2, 0.25) is 0 Å². The van der Waals surface area contributed by atoms with E-state index >= 15 is 0 Å². The minimum atomic E-state index is 0.555. The van der Waals surface area contributed by atoms with Crippen molar-refractivity contribution in [1.82, 2.24) is 9.88 Å². The second-order valence-electron chi connectivity index (χ2n) is 4.19. The van der Waals surface area contributed by atoms with Gasteiger partial charge in [-0.05, 0) is 26.0 Å². The Hall–Kier alpha value is -0.930. The molecule has 1 aromatic rings. The first-order valence-electron chi connectivity index (χ1n) is 5.87. The maximum atomic E-state index is 5.12. The van der Waals surface area contributed by atoms with Gasteiger partial charge in [0.25, 0.3) is 0 Å². The van der Waals surface area contributed by atoms with Crippen molar-refractivity contribution in [3.05, 3.63) is 30.1 Å². The average Bonchev–Trinajstić information content (AvgIpc) is 2.30. The summed E-state index contributed by atoms with van der Waals surface area (Å²) in [6, 6.07) is 6.62. The molecular weight excluding hydrogens is 200 g/mol. The van der Waals surface area contributed by atoms with E-state index in [1.165, 1.54) is 0 Å². The summed E-state index contributed by atoms with van der Waals surface area (Å²) in [5, 5.41) is 0. The van der Waals surface area contributed by atoms with Crippen LogP contribution < -0.4 is 0 Å². The largest absolute Gasteiger partial charge is 0.383 e. The number of pyridine rings is 1. The zero-order valence-electron chi connectivity index (χ0n) is 10.5. The summed E-state index contributed by atoms with van der Waals surface area (Å²) in [5.74, 6) is 0. The normalized spacial score (nSPS) is 11.3. The Morgan fingerprint density at radius 2 is 2.12 bits per heavy atom. The molecule has 0 aliphatic rings. The van der Waals surface area contributed by atoms with Crippen molar-refractivity contribution in [1.29, 1.82) is 0 Å². The van der Waals surface area contributed by atoms with Crippen LogP contribution in [-0.4, -0.2) is 42.7 Å². The summed E-state index contributed by atoms with van der Waals surface area (Å²) in [5.41, 5.74) is 1.16. The van der Waals surface area contributed by atoms with Crippen LogP contribution in [0.3, 0.4) is 0 Å². The highest BCUT2D eigenvalue weighted by Gasteiger charge is 2.08. The van der Waals surface area contributed by atoms with Gasteiger partial charge < -0.3 is 4.74 Å². The van der Waals surface area contributed by atoms with Crippen molar-refractivity contribution in [3.8, 4) is 0 Å². The van der Waals surface area contributed by atoms with Crippen LogP contribution >= 0.6 is 0 Å². The third-order valence-electron chi connectivity index (χ3n) is 2.69. The fraction of sp³-hybridized carbons (Fsp3) is 0.615. The topological polar surface area (TPSA) is 25.4 Å². The molecule has 1 rings (SSSR count). The van der Waals surface area contributed by atoms with Gasteiger partial charge in [0.2, 0.25) is 0 Å². The van der Waals surface area contributed by atoms with E-state index in [4.69, 9.17) is 4.74 Å². The minimum absolute atomic E-state index is 0.555. The van der Waals surface area contributed by atoms with Gasteiger partial charge in [0.05, 0.1) is 6.61 Å². The Balaban J connectivity index is 2.38. The monoisotopic (exact) mass is 222 g/mol. The molecule has 90 valence electrons. The van der Waals surface area contributed by atoms with Gasteiger partial charge in [0, 0.05) is 44.6 Å². The molecular formula is C13H22N2O. The van der Waals surface area contributed by atoms with Crippen LogP contribution in [0.25, 0.3) is 0 Å². The van der Waals surface area contributed by atoms with Gasteiger partial charge in [-0.25, -0.2) is 0 Å². The summed E-state index contributed by atoms with van der Waals surface area (Å²) < 4.78 is 5.12. The Kier molecular flexibility index (Phi) is 6.04. The van der Waals surface area contributed by atoms with Gasteiger partial charge >= 0.3 is 0 Å². The molecule has 0 saturated heterocycles. The summed E-state index contributed by atoms with van der Waals surface area (Å²) in [6.45, 7) is 7.25. The lowest BCUT2D eigenvalue weighted by Gasteiger charge is -2.25. The number of ether oxygens (including phenoxy) is 1. The van der Waals surface area contributed by atoms with Gasteiger partial charge in [-0.15, -0.1) is 0 Å². The van der Waals surface area contributed by atoms with Crippen molar-refractivity contribution in [2.45, 2.75) is 26.3 Å². The highest BCUT2D eigenvalue weighted by Crippen LogP contribution is 2.02. The molecule has 0 bridgehead atoms. The molecule has 1 aromatic heterocycles. The summed E-state index contributed by atoms with van der Waals surface area (Å²) in [4.78, 5) is 6.75. The van der Waals surface area contributed by atoms with Crippen molar-refractivity contribution in [2.75, 3.05) is 26.8 Å². The lowest BCUT2D eigenvalue weighted by Crippen LogP contribution is -2.35. The van der Waals surface area contributed by atoms with Crippen LogP contribution in [0.1, 0.15) is 19.5 Å². The van der Waals surface area contributed by atoms with E-state index in [0.29, 0.717) is 6.04 Å². The number of nitrogens with zero attached hydrogens (tertiary/aromatic N) is 2. The molecule has 0 fully saturated rings. The van der Waals surface area contributed by atoms with E-state index in [1.54, 1.807) is 7.11 Å². The molecule has 0 aromatic carbocycles. The standard InChI is InChI=1S/C13H22N2O/c1-12(2)15(10-11-16-3)9-7-13-6-4-5-8-14-13/h4-6,8,12H,7,9-11H2,1-3H3. The molecule has 3 nitrogen and oxygen atoms in total. The maximum Gasteiger partial charge on any atom is 0.0589 e. The van der Waals surface area contributed by atoms with Crippen LogP contribution in [0, 0.1) is 0 Å². The summed E-state index contributed by atoms with van der Waals surface area (Å²) in [7, 11) is 1.75. The SMILES string of the molecule is COCCN(CCc1ccccn1)C(C)C. The van der Waals surface area contributed by atoms with Crippen LogP contribution in [0.5, 0.6) is 0 Å². The predicted molar refractivity (Wildman–Crippen MR) is 66.5 cm³/mol. The molecule has 3 heteroatoms. The first-order valence-corrected chi connectivity index (χ1v) is 5.87. The van der Waals surface area contributed by atoms with E-state index in [0.717, 1.165) is 31.8 Å². The van der Waals surface area contributed by atoms with Gasteiger partial charge in [0.15, 0.2) is 0 Å². The third kappa shape index (κ3) is 4.73. The molecule has 0 amide bonds. The molecule has 0 aliphatic carbocycles. The molecule has 0 N–H and O–H groups in total. The number of rotatable bonds is 7. The van der Waals surface area contributed by atoms with Gasteiger partial charge in [0.1, 0.15) is 0 Å². The zero-order valence-corrected chi connectivity index (χ0v) is 10.5. The van der Waals surface area contributed by atoms with Crippen LogP contribution in [0.15, 0.2) is 24.4 Å². The minimum Gasteiger partial charge on any atom is -0.383 e. The maximum absolute atomic E-state index is 5.12. The van der Waals surface area contributed by atoms with Gasteiger partial charge in [-0.3, -0.25) is 9.88 Å². The van der Waals surface area contributed by atoms with Crippen molar-refractivity contribution < 1.29 is 4.74 Å². The van der Waals surface area contributed by atoms with Crippen molar-refractivity contribution >= 4 is 0 Å². The summed E-state index contributed by atoms with van der Waals surface area (Å²) >= 11 is 0. The lowest BCUT2D eigenvalue weighted by atomic mass is 10.2. The Labute approximate surface area is 98.4 Å². The van der Waals surface area contributed by atoms with Crippen molar-refractivity contribution in [3.63, 3.8) is 0 Å². The molecule has 0 saturated carbocycles. The highest BCUT2D eigenvalue weighted by atomic mass is 16.5. The van der Waals surface area contributed by atoms with Gasteiger partial charge in [-0.2, -0.15) is 0 Å². The van der Waals surface area contributed by atoms with E-state index < -0.39 is 0 Å². The Bertz CT molecular complexity index is 275. The van der Waals surface area contributed by atoms with E-state index in [9.17, 15) is 0 Å². The zero-order chi connectivity index (χ0) is 11.8. The van der Waals surface area contributed by atoms with E-state index in [1.807, 2.05) is 18.3 Å². The molecule has 0 atom stereocenters. The summed E-state index contributed by atoms with van der Waals surface area (Å²) in [6.07, 6.45) is 2.85. The molecule has 0 aliphatic heterocycles. The Morgan fingerprint density at radius 1 is 1.31 bits per heavy atom. The molecule has 0 unspecified atom stereocenters. The molecule has 0 radical (unpaired) electrons. The van der Waals surface area contributed by atoms with Crippen LogP contribution in [0.4, 0.5) is 0 Å². The lowest BCUT2D eigenvalue weighted by molar-refractivity contribution is 0.130. The van der Waals surface area contributed by atoms with Gasteiger partial charge in [-0.1, -0.05) is 6.07 Å². The van der Waals surface area contributed by atoms with Crippen LogP contribution in [-0.2, 0) is 11.2 Å². The number of methoxy groups -OCH3 is 1. The molecule has 0 spiro atoms. The van der Waals surface area contributed by atoms with Crippen molar-refractivity contribution in [2.24, 2.45) is 0 Å². The van der Waals surface area contributed by atoms with E-state index in [2.05, 4.69) is 29.8 Å². The first kappa shape index (κ1) is 13.1. The predicted octanol–water partition coefficient (Wildman–Crippen LogP) is 1.98. The molecule has 16 heavy (non-hydrogen) atoms. The van der Waals surface area contributed by atoms with E-state index in [-0.39, 0.29) is 0 Å². The quantitative estimate of drug-likeness (QED) is 0.705.